The molecule has 1 aliphatic rings. The van der Waals surface area contributed by atoms with Gasteiger partial charge in [-0.1, -0.05) is 6.07 Å². The molecule has 0 fully saturated rings. The van der Waals surface area contributed by atoms with Crippen molar-refractivity contribution >= 4 is 28.8 Å². The van der Waals surface area contributed by atoms with Crippen LogP contribution in [0.3, 0.4) is 0 Å². The van der Waals surface area contributed by atoms with Crippen LogP contribution in [-0.4, -0.2) is 37.4 Å². The zero-order chi connectivity index (χ0) is 17.6. The average molecular weight is 338 g/mol. The van der Waals surface area contributed by atoms with Gasteiger partial charge in [0.1, 0.15) is 5.82 Å². The quantitative estimate of drug-likeness (QED) is 0.730. The number of nitrogen functional groups attached to an aromatic ring is 1. The van der Waals surface area contributed by atoms with Crippen molar-refractivity contribution in [1.29, 1.82) is 0 Å². The fourth-order valence-corrected chi connectivity index (χ4v) is 3.24. The number of aromatic nitrogens is 4. The number of hydrogen-bond acceptors (Lipinski definition) is 6. The van der Waals surface area contributed by atoms with Gasteiger partial charge in [-0.15, -0.1) is 0 Å². The first kappa shape index (κ1) is 15.4. The van der Waals surface area contributed by atoms with E-state index >= 15 is 0 Å². The van der Waals surface area contributed by atoms with Gasteiger partial charge in [0.15, 0.2) is 5.65 Å². The summed E-state index contributed by atoms with van der Waals surface area (Å²) in [6.07, 6.45) is 3.49. The predicted molar refractivity (Wildman–Crippen MR) is 93.5 cm³/mol. The van der Waals surface area contributed by atoms with Gasteiger partial charge in [-0.3, -0.25) is 4.68 Å². The highest BCUT2D eigenvalue weighted by Gasteiger charge is 2.20. The van der Waals surface area contributed by atoms with Gasteiger partial charge in [0, 0.05) is 20.1 Å². The second-order valence-corrected chi connectivity index (χ2v) is 6.23. The Hall–Kier alpha value is -3.16. The number of carboxylic acids is 1. The Morgan fingerprint density at radius 2 is 2.12 bits per heavy atom. The smallest absolute Gasteiger partial charge is 0.335 e. The topological polar surface area (TPSA) is 110 Å². The van der Waals surface area contributed by atoms with Crippen LogP contribution in [0.15, 0.2) is 24.4 Å². The van der Waals surface area contributed by atoms with Crippen molar-refractivity contribution in [1.82, 2.24) is 19.7 Å². The Labute approximate surface area is 143 Å². The van der Waals surface area contributed by atoms with Crippen molar-refractivity contribution in [3.8, 4) is 0 Å². The summed E-state index contributed by atoms with van der Waals surface area (Å²) in [7, 11) is 1.81. The summed E-state index contributed by atoms with van der Waals surface area (Å²) in [5, 5.41) is 14.1. The number of fused-ring (bicyclic) bond motifs is 2. The third-order valence-corrected chi connectivity index (χ3v) is 4.58. The first-order chi connectivity index (χ1) is 12.0. The van der Waals surface area contributed by atoms with Gasteiger partial charge in [-0.05, 0) is 36.1 Å². The highest BCUT2D eigenvalue weighted by Crippen LogP contribution is 2.26. The lowest BCUT2D eigenvalue weighted by Crippen LogP contribution is -2.25. The molecule has 0 amide bonds. The summed E-state index contributed by atoms with van der Waals surface area (Å²) in [6, 6.07) is 5.30. The molecule has 2 aromatic heterocycles. The van der Waals surface area contributed by atoms with E-state index in [0.29, 0.717) is 29.5 Å². The Morgan fingerprint density at radius 3 is 2.92 bits per heavy atom. The fourth-order valence-electron chi connectivity index (χ4n) is 3.24. The maximum Gasteiger partial charge on any atom is 0.335 e. The summed E-state index contributed by atoms with van der Waals surface area (Å²) in [5.41, 5.74) is 9.21. The van der Waals surface area contributed by atoms with Gasteiger partial charge in [-0.25, -0.2) is 4.79 Å². The van der Waals surface area contributed by atoms with Crippen LogP contribution >= 0.6 is 0 Å². The number of carboxylic acid groups (broad SMARTS) is 1. The van der Waals surface area contributed by atoms with E-state index in [0.717, 1.165) is 30.3 Å². The molecule has 4 rings (SSSR count). The zero-order valence-electron chi connectivity index (χ0n) is 13.8. The number of anilines is 2. The van der Waals surface area contributed by atoms with Crippen molar-refractivity contribution < 1.29 is 9.90 Å². The maximum atomic E-state index is 11.3. The molecule has 0 aliphatic carbocycles. The van der Waals surface area contributed by atoms with E-state index < -0.39 is 5.97 Å². The third kappa shape index (κ3) is 2.65. The van der Waals surface area contributed by atoms with Crippen molar-refractivity contribution in [3.05, 3.63) is 41.1 Å². The van der Waals surface area contributed by atoms with E-state index in [2.05, 4.69) is 15.1 Å². The molecule has 128 valence electrons. The Morgan fingerprint density at radius 1 is 1.28 bits per heavy atom. The van der Waals surface area contributed by atoms with Crippen LogP contribution in [0.1, 0.15) is 27.9 Å². The monoisotopic (exact) mass is 338 g/mol. The third-order valence-electron chi connectivity index (χ3n) is 4.58. The Balaban J connectivity index is 1.75. The molecule has 0 atom stereocenters. The molecule has 0 radical (unpaired) electrons. The highest BCUT2D eigenvalue weighted by atomic mass is 16.4. The van der Waals surface area contributed by atoms with Crippen LogP contribution in [0.4, 0.5) is 11.8 Å². The van der Waals surface area contributed by atoms with Crippen LogP contribution in [0.5, 0.6) is 0 Å². The average Bonchev–Trinajstić information content (AvgIpc) is 2.84. The largest absolute Gasteiger partial charge is 0.478 e. The molecule has 1 aromatic carbocycles. The molecule has 25 heavy (non-hydrogen) atoms. The number of nitrogens with zero attached hydrogens (tertiary/aromatic N) is 5. The van der Waals surface area contributed by atoms with Crippen LogP contribution in [-0.2, 0) is 20.0 Å². The van der Waals surface area contributed by atoms with Crippen molar-refractivity contribution in [2.75, 3.05) is 17.2 Å². The zero-order valence-corrected chi connectivity index (χ0v) is 13.8. The first-order valence-corrected chi connectivity index (χ1v) is 8.08. The molecule has 0 saturated heterocycles. The predicted octanol–water partition coefficient (Wildman–Crippen LogP) is 1.60. The molecular formula is C17H18N6O2. The summed E-state index contributed by atoms with van der Waals surface area (Å²) in [6.45, 7) is 1.33. The lowest BCUT2D eigenvalue weighted by molar-refractivity contribution is 0.0696. The molecule has 1 aliphatic heterocycles. The molecule has 3 aromatic rings. The molecule has 3 heterocycles. The maximum absolute atomic E-state index is 11.3. The molecule has 3 N–H and O–H groups in total. The van der Waals surface area contributed by atoms with E-state index in [-0.39, 0.29) is 0 Å². The minimum atomic E-state index is -0.921. The van der Waals surface area contributed by atoms with E-state index in [1.807, 2.05) is 18.0 Å². The van der Waals surface area contributed by atoms with Gasteiger partial charge in [-0.2, -0.15) is 15.1 Å². The van der Waals surface area contributed by atoms with Gasteiger partial charge in [0.25, 0.3) is 0 Å². The van der Waals surface area contributed by atoms with E-state index in [9.17, 15) is 9.90 Å². The lowest BCUT2D eigenvalue weighted by Gasteiger charge is -2.21. The number of aromatic carboxylic acids is 1. The Kier molecular flexibility index (Phi) is 3.52. The number of aryl methyl sites for hydroxylation is 2. The summed E-state index contributed by atoms with van der Waals surface area (Å²) < 4.78 is 1.67. The van der Waals surface area contributed by atoms with Crippen molar-refractivity contribution in [2.45, 2.75) is 19.4 Å². The van der Waals surface area contributed by atoms with Gasteiger partial charge >= 0.3 is 5.97 Å². The number of carbonyl (C=O) groups is 1. The van der Waals surface area contributed by atoms with Crippen molar-refractivity contribution in [3.63, 3.8) is 0 Å². The second kappa shape index (κ2) is 5.73. The minimum Gasteiger partial charge on any atom is -0.478 e. The SMILES string of the molecule is Cn1ncc2c(N)nc(N3CCCc4ccc(C(=O)O)cc4C3)nc21. The number of nitrogens with two attached hydrogens (primary N) is 1. The second-order valence-electron chi connectivity index (χ2n) is 6.23. The molecule has 0 unspecified atom stereocenters. The van der Waals surface area contributed by atoms with Crippen LogP contribution in [0.2, 0.25) is 0 Å². The van der Waals surface area contributed by atoms with Gasteiger partial charge in [0.05, 0.1) is 17.1 Å². The highest BCUT2D eigenvalue weighted by molar-refractivity contribution is 5.88. The molecule has 0 saturated carbocycles. The standard InChI is InChI=1S/C17H18N6O2/c1-22-15-13(8-19-22)14(18)20-17(21-15)23-6-2-3-10-4-5-11(16(24)25)7-12(10)9-23/h4-5,7-8H,2-3,6,9H2,1H3,(H,24,25)(H2,18,20,21). The molecule has 0 spiro atoms. The minimum absolute atomic E-state index is 0.295. The summed E-state index contributed by atoms with van der Waals surface area (Å²) >= 11 is 0. The molecule has 8 heteroatoms. The van der Waals surface area contributed by atoms with Crippen molar-refractivity contribution in [2.24, 2.45) is 7.05 Å². The van der Waals surface area contributed by atoms with E-state index in [1.54, 1.807) is 23.0 Å². The van der Waals surface area contributed by atoms with Gasteiger partial charge < -0.3 is 15.7 Å². The number of hydrogen-bond donors (Lipinski definition) is 2. The van der Waals surface area contributed by atoms with E-state index in [4.69, 9.17) is 5.73 Å². The fraction of sp³-hybridized carbons (Fsp3) is 0.294. The normalized spacial score (nSPS) is 14.4. The summed E-state index contributed by atoms with van der Waals surface area (Å²) in [5.74, 6) is 0.0226. The van der Waals surface area contributed by atoms with Crippen LogP contribution < -0.4 is 10.6 Å². The molecule has 8 nitrogen and oxygen atoms in total. The van der Waals surface area contributed by atoms with Gasteiger partial charge in [0.2, 0.25) is 5.95 Å². The van der Waals surface area contributed by atoms with Crippen LogP contribution in [0.25, 0.3) is 11.0 Å². The summed E-state index contributed by atoms with van der Waals surface area (Å²) in [4.78, 5) is 22.3. The van der Waals surface area contributed by atoms with E-state index in [1.165, 1.54) is 5.56 Å². The first-order valence-electron chi connectivity index (χ1n) is 8.08. The molecular weight excluding hydrogens is 320 g/mol. The number of benzene rings is 1. The Bertz CT molecular complexity index is 981. The lowest BCUT2D eigenvalue weighted by atomic mass is 10.0. The molecule has 0 bridgehead atoms. The number of rotatable bonds is 2. The van der Waals surface area contributed by atoms with Crippen LogP contribution in [0, 0.1) is 0 Å².